The molecule has 21 atom stereocenters. The highest BCUT2D eigenvalue weighted by molar-refractivity contribution is 5.33. The summed E-state index contributed by atoms with van der Waals surface area (Å²) in [4.78, 5) is 0. The van der Waals surface area contributed by atoms with Crippen LogP contribution in [0.1, 0.15) is 106 Å². The molecule has 5 saturated carbocycles. The van der Waals surface area contributed by atoms with Crippen molar-refractivity contribution < 1.29 is 69.6 Å². The molecule has 5 aliphatic carbocycles. The molecule has 3 saturated heterocycles. The molecule has 8 aliphatic rings. The van der Waals surface area contributed by atoms with E-state index >= 15 is 0 Å². The third-order valence-electron chi connectivity index (χ3n) is 17.6. The monoisotopic (exact) mass is 784 g/mol. The van der Waals surface area contributed by atoms with Crippen molar-refractivity contribution in [2.24, 2.45) is 44.8 Å². The van der Waals surface area contributed by atoms with E-state index in [9.17, 15) is 46.0 Å². The summed E-state index contributed by atoms with van der Waals surface area (Å²) in [5, 5.41) is 97.9. The summed E-state index contributed by atoms with van der Waals surface area (Å²) < 4.78 is 30.9. The molecule has 8 rings (SSSR count). The predicted molar refractivity (Wildman–Crippen MR) is 194 cm³/mol. The van der Waals surface area contributed by atoms with Crippen LogP contribution in [0.15, 0.2) is 0 Å². The Labute approximate surface area is 324 Å². The number of hydrogen-bond donors (Lipinski definition) is 9. The second-order valence-electron chi connectivity index (χ2n) is 21.1. The van der Waals surface area contributed by atoms with Gasteiger partial charge in [-0.25, -0.2) is 0 Å². The second-order valence-corrected chi connectivity index (χ2v) is 21.1. The van der Waals surface area contributed by atoms with Gasteiger partial charge in [0.15, 0.2) is 12.6 Å². The van der Waals surface area contributed by atoms with Crippen LogP contribution in [0.3, 0.4) is 0 Å². The Bertz CT molecular complexity index is 1460. The molecule has 3 aliphatic heterocycles. The zero-order valence-corrected chi connectivity index (χ0v) is 33.6. The van der Waals surface area contributed by atoms with E-state index in [1.807, 2.05) is 0 Å². The zero-order chi connectivity index (χ0) is 40.1. The van der Waals surface area contributed by atoms with Crippen LogP contribution >= 0.6 is 0 Å². The lowest BCUT2D eigenvalue weighted by atomic mass is 9.41. The van der Waals surface area contributed by atoms with Crippen molar-refractivity contribution in [2.45, 2.75) is 197 Å². The van der Waals surface area contributed by atoms with Gasteiger partial charge in [-0.2, -0.15) is 0 Å². The summed E-state index contributed by atoms with van der Waals surface area (Å²) >= 11 is 0. The van der Waals surface area contributed by atoms with Crippen molar-refractivity contribution in [2.75, 3.05) is 13.2 Å². The minimum atomic E-state index is -1.72. The average molecular weight is 785 g/mol. The number of aliphatic hydroxyl groups excluding tert-OH is 8. The van der Waals surface area contributed by atoms with E-state index in [2.05, 4.69) is 34.6 Å². The summed E-state index contributed by atoms with van der Waals surface area (Å²) in [6, 6.07) is 0. The van der Waals surface area contributed by atoms with Crippen LogP contribution < -0.4 is 0 Å². The van der Waals surface area contributed by atoms with E-state index in [-0.39, 0.29) is 52.1 Å². The van der Waals surface area contributed by atoms with Gasteiger partial charge in [-0.05, 0) is 117 Å². The quantitative estimate of drug-likeness (QED) is 0.162. The molecule has 3 heterocycles. The Kier molecular flexibility index (Phi) is 9.90. The summed E-state index contributed by atoms with van der Waals surface area (Å²) in [5.41, 5.74) is -2.64. The molecule has 0 aromatic rings. The Morgan fingerprint density at radius 3 is 2.07 bits per heavy atom. The van der Waals surface area contributed by atoms with Gasteiger partial charge in [-0.3, -0.25) is 0 Å². The van der Waals surface area contributed by atoms with E-state index in [0.29, 0.717) is 19.3 Å². The zero-order valence-electron chi connectivity index (χ0n) is 33.6. The van der Waals surface area contributed by atoms with Crippen LogP contribution in [-0.4, -0.2) is 150 Å². The molecule has 9 N–H and O–H groups in total. The van der Waals surface area contributed by atoms with Crippen LogP contribution in [0, 0.1) is 44.8 Å². The molecule has 2 spiro atoms. The molecule has 0 unspecified atom stereocenters. The van der Waals surface area contributed by atoms with Gasteiger partial charge in [0.05, 0.1) is 48.8 Å². The van der Waals surface area contributed by atoms with Gasteiger partial charge in [-0.1, -0.05) is 27.7 Å². The minimum absolute atomic E-state index is 0.0193. The third kappa shape index (κ3) is 5.70. The van der Waals surface area contributed by atoms with E-state index in [1.165, 1.54) is 0 Å². The first-order valence-electron chi connectivity index (χ1n) is 20.9. The fraction of sp³-hybridized carbons (Fsp3) is 1.00. The van der Waals surface area contributed by atoms with Gasteiger partial charge in [0.2, 0.25) is 0 Å². The second kappa shape index (κ2) is 13.2. The van der Waals surface area contributed by atoms with Crippen LogP contribution in [0.2, 0.25) is 0 Å². The van der Waals surface area contributed by atoms with E-state index in [4.69, 9.17) is 23.7 Å². The molecule has 316 valence electrons. The summed E-state index contributed by atoms with van der Waals surface area (Å²) in [5.74, 6) is 0.0159. The largest absolute Gasteiger partial charge is 0.394 e. The number of hydrogen-bond acceptors (Lipinski definition) is 14. The first kappa shape index (κ1) is 41.2. The normalized spacial score (nSPS) is 58.7. The maximum atomic E-state index is 12.4. The number of ether oxygens (including phenoxy) is 5. The van der Waals surface area contributed by atoms with Gasteiger partial charge in [-0.15, -0.1) is 0 Å². The number of aliphatic hydroxyl groups is 9. The maximum Gasteiger partial charge on any atom is 0.187 e. The molecule has 0 amide bonds. The van der Waals surface area contributed by atoms with E-state index in [1.54, 1.807) is 13.8 Å². The Morgan fingerprint density at radius 1 is 0.709 bits per heavy atom. The van der Waals surface area contributed by atoms with Crippen molar-refractivity contribution in [3.05, 3.63) is 0 Å². The van der Waals surface area contributed by atoms with Crippen molar-refractivity contribution >= 4 is 0 Å². The molecular weight excluding hydrogens is 716 g/mol. The highest BCUT2D eigenvalue weighted by Crippen LogP contribution is 2.89. The Balaban J connectivity index is 1.02. The smallest absolute Gasteiger partial charge is 0.187 e. The first-order valence-corrected chi connectivity index (χ1v) is 20.9. The van der Waals surface area contributed by atoms with Gasteiger partial charge >= 0.3 is 0 Å². The number of rotatable bonds is 7. The van der Waals surface area contributed by atoms with Crippen molar-refractivity contribution in [1.82, 2.24) is 0 Å². The van der Waals surface area contributed by atoms with E-state index < -0.39 is 96.8 Å². The molecular formula is C41H68O14. The fourth-order valence-corrected chi connectivity index (χ4v) is 14.9. The van der Waals surface area contributed by atoms with Gasteiger partial charge in [0, 0.05) is 5.92 Å². The summed E-state index contributed by atoms with van der Waals surface area (Å²) in [6.07, 6.45) is -7.87. The summed E-state index contributed by atoms with van der Waals surface area (Å²) in [7, 11) is 0. The van der Waals surface area contributed by atoms with E-state index in [0.717, 1.165) is 38.5 Å². The van der Waals surface area contributed by atoms with Crippen LogP contribution in [0.25, 0.3) is 0 Å². The summed E-state index contributed by atoms with van der Waals surface area (Å²) in [6.45, 7) is 13.8. The molecule has 0 radical (unpaired) electrons. The lowest BCUT2D eigenvalue weighted by Crippen LogP contribution is -2.64. The predicted octanol–water partition coefficient (Wildman–Crippen LogP) is 0.724. The molecule has 14 nitrogen and oxygen atoms in total. The topological polar surface area (TPSA) is 228 Å². The van der Waals surface area contributed by atoms with Crippen LogP contribution in [0.5, 0.6) is 0 Å². The molecule has 14 heteroatoms. The molecule has 0 aromatic heterocycles. The van der Waals surface area contributed by atoms with Gasteiger partial charge < -0.3 is 69.6 Å². The van der Waals surface area contributed by atoms with Crippen LogP contribution in [-0.2, 0) is 23.7 Å². The van der Waals surface area contributed by atoms with Crippen molar-refractivity contribution in [3.8, 4) is 0 Å². The van der Waals surface area contributed by atoms with Crippen LogP contribution in [0.4, 0.5) is 0 Å². The third-order valence-corrected chi connectivity index (χ3v) is 17.6. The fourth-order valence-electron chi connectivity index (χ4n) is 14.9. The standard InChI is InChI=1S/C41H68O14/c1-35(2)24(53-34-30(26(46)21(45)17-51-34)54-33-29(49)28(48)27(47)22(16-42)52-33)9-11-41-18-40(41)13-12-37(5)32(39(7)10-8-25(55-39)36(3,4)50)20(44)15-38(37,6)23(40)14-19(43)31(35)41/h19-34,42-50H,8-18H2,1-7H3/t19-,20-,21-,22+,23+,24-,25-,26+,27+,28-,29+,30+,31-,32-,33-,34-,37+,38-,39+,40-,41+/m0/s1. The molecule has 8 fully saturated rings. The maximum absolute atomic E-state index is 12.4. The molecule has 0 bridgehead atoms. The molecule has 0 aromatic carbocycles. The molecule has 55 heavy (non-hydrogen) atoms. The van der Waals surface area contributed by atoms with Gasteiger partial charge in [0.1, 0.15) is 42.7 Å². The van der Waals surface area contributed by atoms with Crippen molar-refractivity contribution in [3.63, 3.8) is 0 Å². The lowest BCUT2D eigenvalue weighted by molar-refractivity contribution is -0.366. The SMILES string of the molecule is CC(C)(O)[C@@H]1CC[C@](C)([C@H]2[C@@H](O)C[C@@]3(C)[C@H]4C[C@H](O)[C@H]5C(C)(C)[C@@H](O[C@@H]6OC[C@H](O)[C@@H](O)[C@H]6O[C@@H]6O[C@H](CO)[C@@H](O)[C@H](O)[C@H]6O)CC[C@@]56C[C@@]46CC[C@]23C)O1. The lowest BCUT2D eigenvalue weighted by Gasteiger charge is -2.64. The number of fused-ring (bicyclic) bond motifs is 2. The minimum Gasteiger partial charge on any atom is -0.394 e. The Hall–Kier alpha value is -0.560. The first-order chi connectivity index (χ1) is 25.5. The Morgan fingerprint density at radius 2 is 1.42 bits per heavy atom. The van der Waals surface area contributed by atoms with Gasteiger partial charge in [0.25, 0.3) is 0 Å². The highest BCUT2D eigenvalue weighted by atomic mass is 16.8. The van der Waals surface area contributed by atoms with Crippen molar-refractivity contribution in [1.29, 1.82) is 0 Å². The highest BCUT2D eigenvalue weighted by Gasteiger charge is 2.85. The average Bonchev–Trinajstić information content (AvgIpc) is 3.45.